The molecule has 2 saturated carbocycles. The minimum absolute atomic E-state index is 0.145. The van der Waals surface area contributed by atoms with Crippen LogP contribution in [-0.2, 0) is 17.9 Å². The van der Waals surface area contributed by atoms with Crippen LogP contribution in [0.4, 0.5) is 5.82 Å². The molecule has 1 heterocycles. The Hall–Kier alpha value is -3.26. The molecule has 0 aliphatic heterocycles. The number of primary amides is 1. The van der Waals surface area contributed by atoms with E-state index in [2.05, 4.69) is 60.1 Å². The van der Waals surface area contributed by atoms with Gasteiger partial charge < -0.3 is 21.3 Å². The number of aliphatic hydroxyl groups is 1. The predicted molar refractivity (Wildman–Crippen MR) is 159 cm³/mol. The normalized spacial score (nSPS) is 23.0. The number of aryl methyl sites for hydroxylation is 2. The summed E-state index contributed by atoms with van der Waals surface area (Å²) >= 11 is 0. The minimum Gasteiger partial charge on any atom is -0.393 e. The van der Waals surface area contributed by atoms with Gasteiger partial charge in [-0.15, -0.1) is 0 Å². The lowest BCUT2D eigenvalue weighted by molar-refractivity contribution is -0.0357. The third-order valence-corrected chi connectivity index (χ3v) is 8.82. The number of nitrogens with two attached hydrogens (primary N) is 2. The molecule has 40 heavy (non-hydrogen) atoms. The molecule has 5 rings (SSSR count). The van der Waals surface area contributed by atoms with Gasteiger partial charge in [0.1, 0.15) is 5.82 Å². The van der Waals surface area contributed by atoms with E-state index in [0.29, 0.717) is 18.7 Å². The number of ether oxygens (including phenoxy) is 1. The third kappa shape index (κ3) is 6.54. The second-order valence-electron chi connectivity index (χ2n) is 11.6. The van der Waals surface area contributed by atoms with Crippen LogP contribution in [0.3, 0.4) is 0 Å². The maximum absolute atomic E-state index is 11.8. The summed E-state index contributed by atoms with van der Waals surface area (Å²) in [5, 5.41) is 10.2. The van der Waals surface area contributed by atoms with Crippen molar-refractivity contribution in [2.24, 2.45) is 5.73 Å². The first-order chi connectivity index (χ1) is 19.3. The maximum atomic E-state index is 11.8. The number of carbonyl (C=O) groups is 1. The number of rotatable bonds is 9. The highest BCUT2D eigenvalue weighted by atomic mass is 16.5. The van der Waals surface area contributed by atoms with Gasteiger partial charge in [-0.1, -0.05) is 36.4 Å². The lowest BCUT2D eigenvalue weighted by Gasteiger charge is -2.41. The molecule has 0 radical (unpaired) electrons. The van der Waals surface area contributed by atoms with E-state index >= 15 is 0 Å². The lowest BCUT2D eigenvalue weighted by atomic mass is 9.90. The summed E-state index contributed by atoms with van der Waals surface area (Å²) in [5.41, 5.74) is 18.4. The molecule has 0 spiro atoms. The van der Waals surface area contributed by atoms with Crippen LogP contribution in [0.15, 0.2) is 54.7 Å². The Morgan fingerprint density at radius 3 is 2.52 bits per heavy atom. The van der Waals surface area contributed by atoms with Gasteiger partial charge in [0.2, 0.25) is 0 Å². The Kier molecular flexibility index (Phi) is 8.84. The molecular weight excluding hydrogens is 500 g/mol. The molecule has 1 amide bonds. The molecule has 3 aromatic rings. The first kappa shape index (κ1) is 28.3. The summed E-state index contributed by atoms with van der Waals surface area (Å²) in [6.07, 6.45) is 8.67. The number of benzene rings is 2. The van der Waals surface area contributed by atoms with Crippen LogP contribution >= 0.6 is 0 Å². The average molecular weight is 543 g/mol. The molecule has 7 heteroatoms. The van der Waals surface area contributed by atoms with E-state index in [0.717, 1.165) is 62.6 Å². The summed E-state index contributed by atoms with van der Waals surface area (Å²) in [7, 11) is 0. The molecular formula is C33H42N4O3. The summed E-state index contributed by atoms with van der Waals surface area (Å²) in [6.45, 7) is 5.72. The van der Waals surface area contributed by atoms with Crippen LogP contribution in [0.25, 0.3) is 11.1 Å². The predicted octanol–water partition coefficient (Wildman–Crippen LogP) is 5.29. The number of pyridine rings is 1. The highest BCUT2D eigenvalue weighted by Crippen LogP contribution is 2.35. The molecule has 1 aromatic heterocycles. The van der Waals surface area contributed by atoms with Gasteiger partial charge in [-0.2, -0.15) is 0 Å². The van der Waals surface area contributed by atoms with Gasteiger partial charge in [0, 0.05) is 30.4 Å². The fraction of sp³-hybridized carbons (Fsp3) is 0.455. The number of nitrogens with zero attached hydrogens (tertiary/aromatic N) is 2. The Balaban J connectivity index is 1.37. The van der Waals surface area contributed by atoms with E-state index < -0.39 is 5.91 Å². The third-order valence-electron chi connectivity index (χ3n) is 8.82. The smallest absolute Gasteiger partial charge is 0.252 e. The fourth-order valence-electron chi connectivity index (χ4n) is 6.37. The van der Waals surface area contributed by atoms with Crippen LogP contribution in [0, 0.1) is 13.8 Å². The second-order valence-corrected chi connectivity index (χ2v) is 11.6. The number of amides is 1. The molecule has 2 aliphatic carbocycles. The number of carbonyl (C=O) groups excluding carboxylic acids is 1. The van der Waals surface area contributed by atoms with Crippen molar-refractivity contribution in [2.75, 3.05) is 5.73 Å². The molecule has 0 saturated heterocycles. The van der Waals surface area contributed by atoms with Gasteiger partial charge in [0.05, 0.1) is 24.4 Å². The zero-order valence-electron chi connectivity index (χ0n) is 23.7. The largest absolute Gasteiger partial charge is 0.393 e. The Bertz CT molecular complexity index is 1340. The van der Waals surface area contributed by atoms with Crippen molar-refractivity contribution in [2.45, 2.75) is 96.2 Å². The molecule has 212 valence electrons. The zero-order chi connectivity index (χ0) is 28.2. The fourth-order valence-corrected chi connectivity index (χ4v) is 6.37. The van der Waals surface area contributed by atoms with Gasteiger partial charge >= 0.3 is 0 Å². The van der Waals surface area contributed by atoms with Gasteiger partial charge in [-0.3, -0.25) is 9.69 Å². The quantitative estimate of drug-likeness (QED) is 0.339. The molecule has 0 unspecified atom stereocenters. The summed E-state index contributed by atoms with van der Waals surface area (Å²) < 4.78 is 6.61. The van der Waals surface area contributed by atoms with E-state index in [4.69, 9.17) is 16.2 Å². The summed E-state index contributed by atoms with van der Waals surface area (Å²) in [6, 6.07) is 17.4. The number of nitrogen functional groups attached to an aromatic ring is 1. The van der Waals surface area contributed by atoms with Crippen LogP contribution in [0.1, 0.15) is 77.6 Å². The van der Waals surface area contributed by atoms with Crippen molar-refractivity contribution < 1.29 is 14.6 Å². The lowest BCUT2D eigenvalue weighted by Crippen LogP contribution is -2.48. The minimum atomic E-state index is -0.582. The van der Waals surface area contributed by atoms with Gasteiger partial charge in [-0.25, -0.2) is 4.98 Å². The zero-order valence-corrected chi connectivity index (χ0v) is 23.7. The average Bonchev–Trinajstić information content (AvgIpc) is 3.41. The first-order valence-electron chi connectivity index (χ1n) is 14.5. The number of hydrogen-bond acceptors (Lipinski definition) is 6. The van der Waals surface area contributed by atoms with Crippen LogP contribution in [0.2, 0.25) is 0 Å². The first-order valence-corrected chi connectivity index (χ1v) is 14.5. The van der Waals surface area contributed by atoms with Gasteiger partial charge in [-0.05, 0) is 98.7 Å². The molecule has 2 fully saturated rings. The number of anilines is 1. The van der Waals surface area contributed by atoms with E-state index in [-0.39, 0.29) is 23.6 Å². The molecule has 2 aliphatic rings. The number of aliphatic hydroxyl groups excluding tert-OH is 1. The van der Waals surface area contributed by atoms with Crippen molar-refractivity contribution in [3.8, 4) is 11.1 Å². The summed E-state index contributed by atoms with van der Waals surface area (Å²) in [5.74, 6) is -0.437. The second kappa shape index (κ2) is 12.5. The number of aromatic nitrogens is 1. The van der Waals surface area contributed by atoms with Crippen molar-refractivity contribution in [3.63, 3.8) is 0 Å². The van der Waals surface area contributed by atoms with Gasteiger partial charge in [0.25, 0.3) is 5.91 Å². The molecule has 0 bridgehead atoms. The molecule has 7 nitrogen and oxygen atoms in total. The molecule has 2 aromatic carbocycles. The van der Waals surface area contributed by atoms with Gasteiger partial charge in [0.15, 0.2) is 0 Å². The van der Waals surface area contributed by atoms with E-state index in [1.807, 2.05) is 6.07 Å². The van der Waals surface area contributed by atoms with E-state index in [9.17, 15) is 9.90 Å². The Labute approximate surface area is 237 Å². The summed E-state index contributed by atoms with van der Waals surface area (Å²) in [4.78, 5) is 18.7. The number of hydrogen-bond donors (Lipinski definition) is 3. The van der Waals surface area contributed by atoms with Crippen molar-refractivity contribution in [3.05, 3.63) is 82.5 Å². The molecule has 5 N–H and O–H groups in total. The highest BCUT2D eigenvalue weighted by Gasteiger charge is 2.37. The topological polar surface area (TPSA) is 115 Å². The van der Waals surface area contributed by atoms with Crippen LogP contribution in [0.5, 0.6) is 0 Å². The Morgan fingerprint density at radius 2 is 1.77 bits per heavy atom. The van der Waals surface area contributed by atoms with E-state index in [1.165, 1.54) is 22.3 Å². The van der Waals surface area contributed by atoms with Crippen molar-refractivity contribution in [1.82, 2.24) is 9.88 Å². The Morgan fingerprint density at radius 1 is 0.975 bits per heavy atom. The van der Waals surface area contributed by atoms with Crippen molar-refractivity contribution >= 4 is 11.7 Å². The van der Waals surface area contributed by atoms with E-state index in [1.54, 1.807) is 12.3 Å². The van der Waals surface area contributed by atoms with Crippen molar-refractivity contribution in [1.29, 1.82) is 0 Å². The van der Waals surface area contributed by atoms with Crippen LogP contribution in [-0.4, -0.2) is 45.2 Å². The SMILES string of the molecule is Cc1ccc(CO[C@H]2CCC[C@@H]2N(Cc2cccc(-c3cnc(N)c(C(N)=O)c3)c2)C2CCC(O)CC2)cc1C. The monoisotopic (exact) mass is 542 g/mol. The van der Waals surface area contributed by atoms with Crippen LogP contribution < -0.4 is 11.5 Å². The maximum Gasteiger partial charge on any atom is 0.252 e. The standard InChI is InChI=1S/C33H42N4O3/c1-21-9-10-24(15-22(21)2)20-40-31-8-4-7-30(31)37(27-11-13-28(38)14-12-27)19-23-5-3-6-25(16-23)26-17-29(33(35)39)32(34)36-18-26/h3,5-6,9-10,15-18,27-28,30-31,38H,4,7-8,11-14,19-20H2,1-2H3,(H2,34,36)(H2,35,39)/t27?,28?,30-,31-/m0/s1. The molecule has 2 atom stereocenters. The highest BCUT2D eigenvalue weighted by molar-refractivity contribution is 5.98.